The van der Waals surface area contributed by atoms with Crippen LogP contribution in [0.15, 0.2) is 36.4 Å². The minimum absolute atomic E-state index is 0.0629. The van der Waals surface area contributed by atoms with Gasteiger partial charge in [0.25, 0.3) is 5.91 Å². The molecule has 0 aliphatic rings. The van der Waals surface area contributed by atoms with E-state index in [9.17, 15) is 9.59 Å². The monoisotopic (exact) mass is 330 g/mol. The number of allylic oxidation sites excluding steroid dienone is 1. The quantitative estimate of drug-likeness (QED) is 0.542. The fourth-order valence-electron chi connectivity index (χ4n) is 1.82. The van der Waals surface area contributed by atoms with Crippen LogP contribution in [0.5, 0.6) is 0 Å². The smallest absolute Gasteiger partial charge is 0.330 e. The van der Waals surface area contributed by atoms with Gasteiger partial charge in [-0.3, -0.25) is 4.79 Å². The van der Waals surface area contributed by atoms with E-state index in [1.807, 2.05) is 0 Å². The van der Waals surface area contributed by atoms with Crippen LogP contribution >= 0.6 is 0 Å². The van der Waals surface area contributed by atoms with E-state index in [-0.39, 0.29) is 6.61 Å². The van der Waals surface area contributed by atoms with Crippen molar-refractivity contribution in [1.82, 2.24) is 5.32 Å². The van der Waals surface area contributed by atoms with Crippen molar-refractivity contribution in [2.45, 2.75) is 25.4 Å². The van der Waals surface area contributed by atoms with Crippen molar-refractivity contribution in [1.29, 1.82) is 0 Å². The molecule has 1 aromatic carbocycles. The van der Waals surface area contributed by atoms with Crippen LogP contribution in [0, 0.1) is 11.8 Å². The summed E-state index contributed by atoms with van der Waals surface area (Å²) >= 11 is 0. The van der Waals surface area contributed by atoms with Crippen molar-refractivity contribution in [3.8, 4) is 11.8 Å². The van der Waals surface area contributed by atoms with Gasteiger partial charge in [-0.25, -0.2) is 4.79 Å². The number of methoxy groups -OCH3 is 1. The molecule has 0 fully saturated rings. The second-order valence-electron chi connectivity index (χ2n) is 5.68. The van der Waals surface area contributed by atoms with Crippen LogP contribution in [0.1, 0.15) is 29.8 Å². The van der Waals surface area contributed by atoms with Gasteiger partial charge in [0.2, 0.25) is 0 Å². The van der Waals surface area contributed by atoms with Crippen molar-refractivity contribution < 1.29 is 19.4 Å². The summed E-state index contributed by atoms with van der Waals surface area (Å²) in [7, 11) is 1.24. The molecule has 0 spiro atoms. The lowest BCUT2D eigenvalue weighted by atomic mass is 9.95. The van der Waals surface area contributed by atoms with Crippen LogP contribution < -0.4 is 11.1 Å². The van der Waals surface area contributed by atoms with Gasteiger partial charge in [-0.15, -0.1) is 0 Å². The predicted octanol–water partition coefficient (Wildman–Crippen LogP) is 0.595. The summed E-state index contributed by atoms with van der Waals surface area (Å²) in [5, 5.41) is 11.2. The van der Waals surface area contributed by atoms with Crippen molar-refractivity contribution in [3.05, 3.63) is 47.5 Å². The zero-order valence-electron chi connectivity index (χ0n) is 14.0. The molecule has 6 heteroatoms. The number of benzene rings is 1. The Balaban J connectivity index is 2.85. The first-order valence-electron chi connectivity index (χ1n) is 7.34. The Labute approximate surface area is 141 Å². The number of rotatable bonds is 5. The maximum Gasteiger partial charge on any atom is 0.330 e. The fourth-order valence-corrected chi connectivity index (χ4v) is 1.82. The van der Waals surface area contributed by atoms with Crippen LogP contribution in [0.25, 0.3) is 0 Å². The predicted molar refractivity (Wildman–Crippen MR) is 91.1 cm³/mol. The zero-order chi connectivity index (χ0) is 18.2. The first-order valence-corrected chi connectivity index (χ1v) is 7.34. The SMILES string of the molecule is COC(=O)C(NC(=O)c1ccc(C#C/C=C/CO)cc1)C(C)(C)N. The third-order valence-corrected chi connectivity index (χ3v) is 3.13. The number of nitrogens with one attached hydrogen (secondary N) is 1. The molecular formula is C18H22N2O4. The largest absolute Gasteiger partial charge is 0.467 e. The molecule has 0 aliphatic heterocycles. The number of aliphatic hydroxyl groups excluding tert-OH is 1. The Morgan fingerprint density at radius 2 is 2.00 bits per heavy atom. The summed E-state index contributed by atoms with van der Waals surface area (Å²) in [6.45, 7) is 3.20. The highest BCUT2D eigenvalue weighted by atomic mass is 16.5. The van der Waals surface area contributed by atoms with Crippen LogP contribution in [-0.2, 0) is 9.53 Å². The van der Waals surface area contributed by atoms with Crippen LogP contribution in [-0.4, -0.2) is 42.3 Å². The summed E-state index contributed by atoms with van der Waals surface area (Å²) in [5.74, 6) is 4.59. The third kappa shape index (κ3) is 5.88. The number of esters is 1. The maximum atomic E-state index is 12.3. The minimum atomic E-state index is -0.965. The van der Waals surface area contributed by atoms with Gasteiger partial charge in [0.1, 0.15) is 6.04 Å². The number of ether oxygens (including phenoxy) is 1. The molecule has 1 rings (SSSR count). The Hall–Kier alpha value is -2.62. The number of amides is 1. The Morgan fingerprint density at radius 1 is 1.38 bits per heavy atom. The van der Waals surface area contributed by atoms with E-state index >= 15 is 0 Å². The van der Waals surface area contributed by atoms with E-state index in [0.29, 0.717) is 5.56 Å². The van der Waals surface area contributed by atoms with Gasteiger partial charge in [-0.1, -0.05) is 17.9 Å². The number of carbonyl (C=O) groups excluding carboxylic acids is 2. The molecule has 128 valence electrons. The van der Waals surface area contributed by atoms with Gasteiger partial charge in [0.05, 0.1) is 13.7 Å². The average Bonchev–Trinajstić information content (AvgIpc) is 2.55. The Kier molecular flexibility index (Phi) is 7.18. The fraction of sp³-hybridized carbons (Fsp3) is 0.333. The Morgan fingerprint density at radius 3 is 2.50 bits per heavy atom. The molecule has 1 unspecified atom stereocenters. The number of hydrogen-bond acceptors (Lipinski definition) is 5. The molecule has 0 radical (unpaired) electrons. The first kappa shape index (κ1) is 19.4. The molecule has 1 aromatic rings. The van der Waals surface area contributed by atoms with Gasteiger partial charge in [-0.05, 0) is 44.2 Å². The van der Waals surface area contributed by atoms with E-state index in [0.717, 1.165) is 5.56 Å². The van der Waals surface area contributed by atoms with Gasteiger partial charge >= 0.3 is 5.97 Å². The Bertz CT molecular complexity index is 661. The molecule has 6 nitrogen and oxygen atoms in total. The van der Waals surface area contributed by atoms with Crippen molar-refractivity contribution >= 4 is 11.9 Å². The lowest BCUT2D eigenvalue weighted by molar-refractivity contribution is -0.144. The maximum absolute atomic E-state index is 12.3. The highest BCUT2D eigenvalue weighted by Gasteiger charge is 2.34. The van der Waals surface area contributed by atoms with Crippen LogP contribution in [0.3, 0.4) is 0 Å². The van der Waals surface area contributed by atoms with E-state index in [4.69, 9.17) is 10.8 Å². The molecule has 1 amide bonds. The molecule has 0 aliphatic carbocycles. The van der Waals surface area contributed by atoms with Crippen molar-refractivity contribution in [3.63, 3.8) is 0 Å². The minimum Gasteiger partial charge on any atom is -0.467 e. The van der Waals surface area contributed by atoms with Crippen LogP contribution in [0.4, 0.5) is 0 Å². The second-order valence-corrected chi connectivity index (χ2v) is 5.68. The van der Waals surface area contributed by atoms with Gasteiger partial charge < -0.3 is 20.9 Å². The molecule has 0 bridgehead atoms. The molecule has 0 heterocycles. The summed E-state index contributed by atoms with van der Waals surface area (Å²) < 4.78 is 4.68. The standard InChI is InChI=1S/C18H22N2O4/c1-18(2,19)15(17(23)24-3)20-16(22)14-10-8-13(9-11-14)7-5-4-6-12-21/h4,6,8-11,15,21H,12,19H2,1-3H3,(H,20,22)/b6-4+. The van der Waals surface area contributed by atoms with Crippen molar-refractivity contribution in [2.24, 2.45) is 5.73 Å². The average molecular weight is 330 g/mol. The van der Waals surface area contributed by atoms with E-state index in [1.165, 1.54) is 13.2 Å². The number of hydrogen-bond donors (Lipinski definition) is 3. The van der Waals surface area contributed by atoms with Gasteiger partial charge in [-0.2, -0.15) is 0 Å². The summed E-state index contributed by atoms with van der Waals surface area (Å²) in [6, 6.07) is 5.63. The van der Waals surface area contributed by atoms with E-state index < -0.39 is 23.5 Å². The van der Waals surface area contributed by atoms with Crippen molar-refractivity contribution in [2.75, 3.05) is 13.7 Å². The molecule has 0 aromatic heterocycles. The molecular weight excluding hydrogens is 308 g/mol. The lowest BCUT2D eigenvalue weighted by Gasteiger charge is -2.28. The van der Waals surface area contributed by atoms with Crippen LogP contribution in [0.2, 0.25) is 0 Å². The zero-order valence-corrected chi connectivity index (χ0v) is 14.0. The molecule has 24 heavy (non-hydrogen) atoms. The molecule has 4 N–H and O–H groups in total. The number of carbonyl (C=O) groups is 2. The normalized spacial score (nSPS) is 12.2. The summed E-state index contributed by atoms with van der Waals surface area (Å²) in [5.41, 5.74) is 6.06. The van der Waals surface area contributed by atoms with Gasteiger partial charge in [0.15, 0.2) is 0 Å². The van der Waals surface area contributed by atoms with E-state index in [1.54, 1.807) is 44.2 Å². The third-order valence-electron chi connectivity index (χ3n) is 3.13. The summed E-state index contributed by atoms with van der Waals surface area (Å²) in [6.07, 6.45) is 3.07. The lowest BCUT2D eigenvalue weighted by Crippen LogP contribution is -2.59. The molecule has 1 atom stereocenters. The molecule has 0 saturated carbocycles. The topological polar surface area (TPSA) is 102 Å². The first-order chi connectivity index (χ1) is 11.3. The van der Waals surface area contributed by atoms with E-state index in [2.05, 4.69) is 21.9 Å². The number of nitrogens with two attached hydrogens (primary N) is 1. The highest BCUT2D eigenvalue weighted by Crippen LogP contribution is 2.10. The highest BCUT2D eigenvalue weighted by molar-refractivity contribution is 5.97. The second kappa shape index (κ2) is 8.87. The summed E-state index contributed by atoms with van der Waals surface area (Å²) in [4.78, 5) is 24.1. The van der Waals surface area contributed by atoms with Gasteiger partial charge in [0, 0.05) is 16.7 Å². The number of aliphatic hydroxyl groups is 1. The molecule has 0 saturated heterocycles.